The van der Waals surface area contributed by atoms with Crippen molar-refractivity contribution in [2.24, 2.45) is 0 Å². The molecular formula is C42H36. The molecule has 0 aliphatic carbocycles. The lowest BCUT2D eigenvalue weighted by Crippen LogP contribution is -1.93. The van der Waals surface area contributed by atoms with Gasteiger partial charge in [-0.3, -0.25) is 0 Å². The Kier molecular flexibility index (Phi) is 7.71. The van der Waals surface area contributed by atoms with Crippen molar-refractivity contribution in [1.29, 1.82) is 0 Å². The number of hydrogen-bond acceptors (Lipinski definition) is 0. The van der Waals surface area contributed by atoms with Crippen molar-refractivity contribution in [3.63, 3.8) is 0 Å². The van der Waals surface area contributed by atoms with Crippen LogP contribution in [0.5, 0.6) is 0 Å². The summed E-state index contributed by atoms with van der Waals surface area (Å²) in [4.78, 5) is 0. The number of hydrogen-bond donors (Lipinski definition) is 0. The van der Waals surface area contributed by atoms with Crippen LogP contribution in [0.2, 0.25) is 0 Å². The van der Waals surface area contributed by atoms with Crippen LogP contribution in [0, 0.1) is 0 Å². The van der Waals surface area contributed by atoms with E-state index in [0.29, 0.717) is 0 Å². The van der Waals surface area contributed by atoms with Crippen molar-refractivity contribution in [3.05, 3.63) is 146 Å². The molecule has 0 amide bonds. The van der Waals surface area contributed by atoms with Crippen LogP contribution in [0.3, 0.4) is 0 Å². The van der Waals surface area contributed by atoms with Crippen molar-refractivity contribution in [2.45, 2.75) is 27.7 Å². The van der Waals surface area contributed by atoms with Gasteiger partial charge in [-0.15, -0.1) is 0 Å². The van der Waals surface area contributed by atoms with Gasteiger partial charge in [-0.1, -0.05) is 161 Å². The third-order valence-electron chi connectivity index (χ3n) is 8.01. The van der Waals surface area contributed by atoms with Crippen LogP contribution < -0.4 is 0 Å². The van der Waals surface area contributed by atoms with Crippen molar-refractivity contribution in [3.8, 4) is 22.3 Å². The van der Waals surface area contributed by atoms with E-state index in [1.54, 1.807) is 0 Å². The molecule has 0 heteroatoms. The van der Waals surface area contributed by atoms with E-state index in [1.807, 2.05) is 27.7 Å². The Morgan fingerprint density at radius 2 is 0.571 bits per heavy atom. The molecule has 8 aromatic rings. The molecule has 0 bridgehead atoms. The van der Waals surface area contributed by atoms with Crippen molar-refractivity contribution in [2.75, 3.05) is 0 Å². The summed E-state index contributed by atoms with van der Waals surface area (Å²) in [5.41, 5.74) is 5.18. The molecule has 0 N–H and O–H groups in total. The maximum atomic E-state index is 2.41. The van der Waals surface area contributed by atoms with Crippen molar-refractivity contribution >= 4 is 53.9 Å². The average Bonchev–Trinajstić information content (AvgIpc) is 3.08. The molecule has 0 aliphatic rings. The molecule has 0 saturated carbocycles. The van der Waals surface area contributed by atoms with Crippen molar-refractivity contribution in [1.82, 2.24) is 0 Å². The van der Waals surface area contributed by atoms with E-state index < -0.39 is 0 Å². The topological polar surface area (TPSA) is 0 Å². The summed E-state index contributed by atoms with van der Waals surface area (Å²) in [5, 5.41) is 12.8. The third-order valence-corrected chi connectivity index (χ3v) is 8.01. The highest BCUT2D eigenvalue weighted by molar-refractivity contribution is 6.26. The summed E-state index contributed by atoms with van der Waals surface area (Å²) in [6.45, 7) is 8.00. The van der Waals surface area contributed by atoms with Gasteiger partial charge < -0.3 is 0 Å². The molecule has 0 saturated heterocycles. The molecular weight excluding hydrogens is 504 g/mol. The summed E-state index contributed by atoms with van der Waals surface area (Å²) >= 11 is 0. The molecule has 0 aliphatic heterocycles. The van der Waals surface area contributed by atoms with E-state index >= 15 is 0 Å². The highest BCUT2D eigenvalue weighted by atomic mass is 14.2. The van der Waals surface area contributed by atoms with Crippen LogP contribution in [0.1, 0.15) is 27.7 Å². The minimum atomic E-state index is 1.26. The van der Waals surface area contributed by atoms with Gasteiger partial charge in [0.15, 0.2) is 0 Å². The molecule has 8 aromatic carbocycles. The molecule has 0 aromatic heterocycles. The van der Waals surface area contributed by atoms with Crippen LogP contribution in [0.4, 0.5) is 0 Å². The molecule has 0 radical (unpaired) electrons. The van der Waals surface area contributed by atoms with Gasteiger partial charge in [0.25, 0.3) is 0 Å². The summed E-state index contributed by atoms with van der Waals surface area (Å²) in [5.74, 6) is 0. The average molecular weight is 541 g/mol. The highest BCUT2D eigenvalue weighted by Gasteiger charge is 2.19. The van der Waals surface area contributed by atoms with E-state index in [4.69, 9.17) is 0 Å². The van der Waals surface area contributed by atoms with Gasteiger partial charge in [-0.25, -0.2) is 0 Å². The Bertz CT molecular complexity index is 2010. The minimum Gasteiger partial charge on any atom is -0.0683 e. The van der Waals surface area contributed by atoms with Gasteiger partial charge >= 0.3 is 0 Å². The van der Waals surface area contributed by atoms with Gasteiger partial charge in [-0.05, 0) is 88.2 Å². The molecule has 42 heavy (non-hydrogen) atoms. The van der Waals surface area contributed by atoms with E-state index in [-0.39, 0.29) is 0 Å². The first-order valence-electron chi connectivity index (χ1n) is 15.2. The number of fused-ring (bicyclic) bond motifs is 5. The summed E-state index contributed by atoms with van der Waals surface area (Å²) in [6, 6.07) is 53.4. The second-order valence-electron chi connectivity index (χ2n) is 10.1. The van der Waals surface area contributed by atoms with Crippen LogP contribution in [-0.2, 0) is 0 Å². The van der Waals surface area contributed by atoms with E-state index in [9.17, 15) is 0 Å². The molecule has 0 unspecified atom stereocenters. The number of rotatable bonds is 2. The Morgan fingerprint density at radius 3 is 0.976 bits per heavy atom. The maximum absolute atomic E-state index is 2.41. The summed E-state index contributed by atoms with van der Waals surface area (Å²) in [7, 11) is 0. The zero-order valence-electron chi connectivity index (χ0n) is 24.9. The fraction of sp³-hybridized carbons (Fsp3) is 0.0952. The lowest BCUT2D eigenvalue weighted by molar-refractivity contribution is 1.50. The smallest absolute Gasteiger partial charge is 0.00199 e. The summed E-state index contributed by atoms with van der Waals surface area (Å²) in [6.07, 6.45) is 0. The van der Waals surface area contributed by atoms with Gasteiger partial charge in [0.2, 0.25) is 0 Å². The molecule has 204 valence electrons. The first-order valence-corrected chi connectivity index (χ1v) is 15.2. The van der Waals surface area contributed by atoms with E-state index in [2.05, 4.69) is 146 Å². The first-order chi connectivity index (χ1) is 20.9. The predicted molar refractivity (Wildman–Crippen MR) is 188 cm³/mol. The predicted octanol–water partition coefficient (Wildman–Crippen LogP) is 12.8. The molecule has 0 heterocycles. The van der Waals surface area contributed by atoms with Crippen LogP contribution in [0.25, 0.3) is 76.1 Å². The fourth-order valence-corrected chi connectivity index (χ4v) is 6.33. The largest absolute Gasteiger partial charge is 0.0683 e. The quantitative estimate of drug-likeness (QED) is 0.191. The normalized spacial score (nSPS) is 10.9. The lowest BCUT2D eigenvalue weighted by atomic mass is 9.83. The zero-order chi connectivity index (χ0) is 29.1. The molecule has 8 rings (SSSR count). The van der Waals surface area contributed by atoms with Crippen LogP contribution in [0.15, 0.2) is 146 Å². The molecule has 0 fully saturated rings. The third kappa shape index (κ3) is 4.50. The van der Waals surface area contributed by atoms with E-state index in [0.717, 1.165) is 0 Å². The fourth-order valence-electron chi connectivity index (χ4n) is 6.33. The lowest BCUT2D eigenvalue weighted by Gasteiger charge is -2.20. The Hall–Kier alpha value is -4.94. The van der Waals surface area contributed by atoms with Crippen molar-refractivity contribution < 1.29 is 0 Å². The monoisotopic (exact) mass is 540 g/mol. The number of benzene rings is 8. The first kappa shape index (κ1) is 27.2. The Labute approximate surface area is 248 Å². The van der Waals surface area contributed by atoms with Gasteiger partial charge in [0.05, 0.1) is 0 Å². The van der Waals surface area contributed by atoms with Crippen LogP contribution >= 0.6 is 0 Å². The SMILES string of the molecule is CC.CC.c1ccc2cc3c(-c4cccc5ccccc45)c4ccccc4c(-c4cccc5ccccc45)c3cc2c1. The van der Waals surface area contributed by atoms with Crippen LogP contribution in [-0.4, -0.2) is 0 Å². The van der Waals surface area contributed by atoms with Gasteiger partial charge in [-0.2, -0.15) is 0 Å². The second kappa shape index (κ2) is 11.9. The molecule has 0 spiro atoms. The van der Waals surface area contributed by atoms with Gasteiger partial charge in [0.1, 0.15) is 0 Å². The maximum Gasteiger partial charge on any atom is -0.00199 e. The minimum absolute atomic E-state index is 1.26. The molecule has 0 nitrogen and oxygen atoms in total. The Morgan fingerprint density at radius 1 is 0.262 bits per heavy atom. The highest BCUT2D eigenvalue weighted by Crippen LogP contribution is 2.47. The Balaban J connectivity index is 0.000000759. The second-order valence-corrected chi connectivity index (χ2v) is 10.1. The van der Waals surface area contributed by atoms with Gasteiger partial charge in [0, 0.05) is 0 Å². The zero-order valence-corrected chi connectivity index (χ0v) is 24.9. The van der Waals surface area contributed by atoms with E-state index in [1.165, 1.54) is 76.1 Å². The summed E-state index contributed by atoms with van der Waals surface area (Å²) < 4.78 is 0. The molecule has 0 atom stereocenters. The standard InChI is InChI=1S/C38H24.2C2H6/c1-2-14-28-24-36-35(23-27(28)13-1)37(31-21-9-15-25-11-3-5-17-29(25)31)33-19-7-8-20-34(33)38(36)32-22-10-16-26-12-4-6-18-30(26)32;2*1-2/h1-24H;2*1-2H3.